The third-order valence-electron chi connectivity index (χ3n) is 6.12. The van der Waals surface area contributed by atoms with E-state index in [0.717, 1.165) is 23.7 Å². The zero-order chi connectivity index (χ0) is 22.5. The second-order valence-corrected chi connectivity index (χ2v) is 8.48. The number of nitrogens with one attached hydrogen (secondary N) is 3. The molecule has 0 atom stereocenters. The second kappa shape index (κ2) is 9.68. The lowest BCUT2D eigenvalue weighted by Crippen LogP contribution is -2.41. The first-order valence-electron chi connectivity index (χ1n) is 11.1. The van der Waals surface area contributed by atoms with E-state index in [1.54, 1.807) is 35.4 Å². The molecule has 1 aliphatic carbocycles. The number of rotatable bonds is 7. The lowest BCUT2D eigenvalue weighted by molar-refractivity contribution is -0.117. The van der Waals surface area contributed by atoms with Crippen LogP contribution in [0.25, 0.3) is 10.9 Å². The number of amidine groups is 1. The largest absolute Gasteiger partial charge is 0.384 e. The summed E-state index contributed by atoms with van der Waals surface area (Å²) < 4.78 is 0. The standard InChI is InChI=1S/C25H29N5O2/c26-24(27)18-10-12-19(13-11-18)29-23(31)16-30(15-17-6-2-1-3-7-17)25(32)21-14-28-22-9-5-4-8-20(21)22/h4-5,8-14,17,28H,1-3,6-7,15-16H2,(H3,26,27)(H,29,31). The normalized spacial score (nSPS) is 14.2. The van der Waals surface area contributed by atoms with E-state index >= 15 is 0 Å². The van der Waals surface area contributed by atoms with Crippen molar-refractivity contribution >= 4 is 34.2 Å². The lowest BCUT2D eigenvalue weighted by atomic mass is 9.89. The molecule has 1 heterocycles. The van der Waals surface area contributed by atoms with Crippen LogP contribution < -0.4 is 11.1 Å². The summed E-state index contributed by atoms with van der Waals surface area (Å²) in [5.41, 5.74) is 8.19. The molecular weight excluding hydrogens is 402 g/mol. The predicted octanol–water partition coefficient (Wildman–Crippen LogP) is 4.11. The van der Waals surface area contributed by atoms with Crippen LogP contribution in [0.1, 0.15) is 48.0 Å². The summed E-state index contributed by atoms with van der Waals surface area (Å²) in [6, 6.07) is 14.5. The first kappa shape index (κ1) is 21.6. The Balaban J connectivity index is 1.51. The lowest BCUT2D eigenvalue weighted by Gasteiger charge is -2.29. The van der Waals surface area contributed by atoms with Crippen LogP contribution in [0, 0.1) is 11.3 Å². The number of hydrogen-bond donors (Lipinski definition) is 4. The van der Waals surface area contributed by atoms with Crippen molar-refractivity contribution in [2.75, 3.05) is 18.4 Å². The minimum absolute atomic E-state index is 0.0106. The molecular formula is C25H29N5O2. The molecule has 4 rings (SSSR count). The molecule has 0 spiro atoms. The Hall–Kier alpha value is -3.61. The quantitative estimate of drug-likeness (QED) is 0.333. The van der Waals surface area contributed by atoms with Gasteiger partial charge in [-0.3, -0.25) is 15.0 Å². The zero-order valence-corrected chi connectivity index (χ0v) is 18.1. The van der Waals surface area contributed by atoms with Gasteiger partial charge in [-0.05, 0) is 49.1 Å². The molecule has 0 unspecified atom stereocenters. The summed E-state index contributed by atoms with van der Waals surface area (Å²) in [5, 5.41) is 11.2. The number of H-pyrrole nitrogens is 1. The predicted molar refractivity (Wildman–Crippen MR) is 127 cm³/mol. The van der Waals surface area contributed by atoms with E-state index in [9.17, 15) is 9.59 Å². The van der Waals surface area contributed by atoms with E-state index in [-0.39, 0.29) is 24.2 Å². The van der Waals surface area contributed by atoms with Crippen molar-refractivity contribution in [1.82, 2.24) is 9.88 Å². The monoisotopic (exact) mass is 431 g/mol. The van der Waals surface area contributed by atoms with Crippen LogP contribution in [0.3, 0.4) is 0 Å². The van der Waals surface area contributed by atoms with Crippen LogP contribution in [0.5, 0.6) is 0 Å². The Bertz CT molecular complexity index is 1110. The van der Waals surface area contributed by atoms with Gasteiger partial charge in [-0.2, -0.15) is 0 Å². The van der Waals surface area contributed by atoms with E-state index in [1.165, 1.54) is 19.3 Å². The van der Waals surface area contributed by atoms with Gasteiger partial charge in [0.25, 0.3) is 5.91 Å². The Kier molecular flexibility index (Phi) is 6.54. The Morgan fingerprint density at radius 1 is 1.06 bits per heavy atom. The first-order valence-corrected chi connectivity index (χ1v) is 11.1. The van der Waals surface area contributed by atoms with Gasteiger partial charge in [0.15, 0.2) is 0 Å². The van der Waals surface area contributed by atoms with Crippen molar-refractivity contribution in [3.8, 4) is 0 Å². The third-order valence-corrected chi connectivity index (χ3v) is 6.12. The molecule has 1 saturated carbocycles. The zero-order valence-electron chi connectivity index (χ0n) is 18.1. The van der Waals surface area contributed by atoms with Crippen molar-refractivity contribution in [3.63, 3.8) is 0 Å². The maximum Gasteiger partial charge on any atom is 0.256 e. The average Bonchev–Trinajstić information content (AvgIpc) is 3.23. The SMILES string of the molecule is N=C(N)c1ccc(NC(=O)CN(CC2CCCCC2)C(=O)c2c[nH]c3ccccc23)cc1. The first-order chi connectivity index (χ1) is 15.5. The average molecular weight is 432 g/mol. The topological polar surface area (TPSA) is 115 Å². The molecule has 32 heavy (non-hydrogen) atoms. The molecule has 3 aromatic rings. The Morgan fingerprint density at radius 2 is 1.78 bits per heavy atom. The third kappa shape index (κ3) is 4.99. The van der Waals surface area contributed by atoms with Crippen LogP contribution in [-0.2, 0) is 4.79 Å². The van der Waals surface area contributed by atoms with Gasteiger partial charge < -0.3 is 20.9 Å². The maximum absolute atomic E-state index is 13.5. The highest BCUT2D eigenvalue weighted by Crippen LogP contribution is 2.26. The van der Waals surface area contributed by atoms with Gasteiger partial charge in [0.05, 0.1) is 5.56 Å². The van der Waals surface area contributed by atoms with Crippen molar-refractivity contribution in [1.29, 1.82) is 5.41 Å². The molecule has 166 valence electrons. The summed E-state index contributed by atoms with van der Waals surface area (Å²) in [6.45, 7) is 0.568. The van der Waals surface area contributed by atoms with Crippen LogP contribution in [0.15, 0.2) is 54.7 Å². The van der Waals surface area contributed by atoms with Crippen molar-refractivity contribution in [2.24, 2.45) is 11.7 Å². The minimum Gasteiger partial charge on any atom is -0.384 e. The summed E-state index contributed by atoms with van der Waals surface area (Å²) in [6.07, 6.45) is 7.50. The number of amides is 2. The number of benzene rings is 2. The van der Waals surface area contributed by atoms with Gasteiger partial charge in [-0.1, -0.05) is 37.5 Å². The molecule has 1 fully saturated rings. The van der Waals surface area contributed by atoms with Crippen molar-refractivity contribution in [3.05, 3.63) is 65.9 Å². The summed E-state index contributed by atoms with van der Waals surface area (Å²) in [4.78, 5) is 31.2. The van der Waals surface area contributed by atoms with Gasteiger partial charge in [0.1, 0.15) is 12.4 Å². The van der Waals surface area contributed by atoms with E-state index < -0.39 is 0 Å². The number of aromatic nitrogens is 1. The van der Waals surface area contributed by atoms with E-state index in [2.05, 4.69) is 10.3 Å². The second-order valence-electron chi connectivity index (χ2n) is 8.48. The van der Waals surface area contributed by atoms with E-state index in [4.69, 9.17) is 11.1 Å². The van der Waals surface area contributed by atoms with Crippen LogP contribution in [-0.4, -0.2) is 40.6 Å². The molecule has 0 saturated heterocycles. The summed E-state index contributed by atoms with van der Waals surface area (Å²) in [7, 11) is 0. The number of aromatic amines is 1. The van der Waals surface area contributed by atoms with Gasteiger partial charge in [-0.25, -0.2) is 0 Å². The molecule has 7 nitrogen and oxygen atoms in total. The number of carbonyl (C=O) groups excluding carboxylic acids is 2. The molecule has 2 aromatic carbocycles. The molecule has 0 radical (unpaired) electrons. The number of nitrogen functional groups attached to an aromatic ring is 1. The van der Waals surface area contributed by atoms with Gasteiger partial charge in [0.2, 0.25) is 5.91 Å². The maximum atomic E-state index is 13.5. The Labute approximate surface area is 187 Å². The number of nitrogens with zero attached hydrogens (tertiary/aromatic N) is 1. The smallest absolute Gasteiger partial charge is 0.256 e. The number of fused-ring (bicyclic) bond motifs is 1. The minimum atomic E-state index is -0.246. The van der Waals surface area contributed by atoms with Crippen LogP contribution in [0.2, 0.25) is 0 Å². The molecule has 5 N–H and O–H groups in total. The van der Waals surface area contributed by atoms with Crippen LogP contribution >= 0.6 is 0 Å². The fourth-order valence-corrected chi connectivity index (χ4v) is 4.43. The molecule has 7 heteroatoms. The van der Waals surface area contributed by atoms with Gasteiger partial charge in [0, 0.05) is 34.9 Å². The van der Waals surface area contributed by atoms with Crippen LogP contribution in [0.4, 0.5) is 5.69 Å². The van der Waals surface area contributed by atoms with Crippen molar-refractivity contribution < 1.29 is 9.59 Å². The van der Waals surface area contributed by atoms with E-state index in [1.807, 2.05) is 24.3 Å². The summed E-state index contributed by atoms with van der Waals surface area (Å²) >= 11 is 0. The number of hydrogen-bond acceptors (Lipinski definition) is 3. The highest BCUT2D eigenvalue weighted by atomic mass is 16.2. The molecule has 0 aliphatic heterocycles. The molecule has 2 amide bonds. The molecule has 1 aromatic heterocycles. The van der Waals surface area contributed by atoms with Gasteiger partial charge >= 0.3 is 0 Å². The summed E-state index contributed by atoms with van der Waals surface area (Å²) in [5.74, 6) is 0.0195. The van der Waals surface area contributed by atoms with Crippen molar-refractivity contribution in [2.45, 2.75) is 32.1 Å². The fourth-order valence-electron chi connectivity index (χ4n) is 4.43. The number of para-hydroxylation sites is 1. The number of nitrogens with two attached hydrogens (primary N) is 1. The highest BCUT2D eigenvalue weighted by Gasteiger charge is 2.25. The number of anilines is 1. The van der Waals surface area contributed by atoms with E-state index in [0.29, 0.717) is 29.3 Å². The highest BCUT2D eigenvalue weighted by molar-refractivity contribution is 6.08. The Morgan fingerprint density at radius 3 is 2.50 bits per heavy atom. The fraction of sp³-hybridized carbons (Fsp3) is 0.320. The van der Waals surface area contributed by atoms with Gasteiger partial charge in [-0.15, -0.1) is 0 Å². The molecule has 0 bridgehead atoms. The molecule has 1 aliphatic rings. The number of carbonyl (C=O) groups is 2.